The van der Waals surface area contributed by atoms with Gasteiger partial charge in [-0.15, -0.1) is 0 Å². The van der Waals surface area contributed by atoms with Gasteiger partial charge in [-0.3, -0.25) is 4.98 Å². The number of fused-ring (bicyclic) bond motifs is 5. The molecule has 2 N–H and O–H groups in total. The number of nitrogens with one attached hydrogen (secondary N) is 2. The highest BCUT2D eigenvalue weighted by Crippen LogP contribution is 2.43. The van der Waals surface area contributed by atoms with Crippen LogP contribution in [0, 0.1) is 0 Å². The first kappa shape index (κ1) is 14.2. The van der Waals surface area contributed by atoms with Gasteiger partial charge in [-0.25, -0.2) is 9.97 Å². The molecule has 0 aliphatic carbocycles. The van der Waals surface area contributed by atoms with Gasteiger partial charge in [0.2, 0.25) is 0 Å². The third-order valence-electron chi connectivity index (χ3n) is 4.24. The number of H-pyrrole nitrogens is 1. The van der Waals surface area contributed by atoms with Gasteiger partial charge >= 0.3 is 0 Å². The summed E-state index contributed by atoms with van der Waals surface area (Å²) in [6.45, 7) is 0. The highest BCUT2D eigenvalue weighted by atomic mass is 35.5. The molecular formula is C19H12ClN5. The molecule has 3 aromatic heterocycles. The van der Waals surface area contributed by atoms with Crippen molar-refractivity contribution in [1.82, 2.24) is 19.9 Å². The Bertz CT molecular complexity index is 1040. The molecule has 5 rings (SSSR count). The Labute approximate surface area is 148 Å². The van der Waals surface area contributed by atoms with Crippen LogP contribution in [0.4, 0.5) is 11.5 Å². The van der Waals surface area contributed by atoms with Crippen molar-refractivity contribution in [3.05, 3.63) is 66.1 Å². The number of hydrogen-bond acceptors (Lipinski definition) is 4. The number of nitrogens with zero attached hydrogens (tertiary/aromatic N) is 3. The van der Waals surface area contributed by atoms with E-state index in [-0.39, 0.29) is 0 Å². The van der Waals surface area contributed by atoms with Crippen LogP contribution in [0.3, 0.4) is 0 Å². The molecule has 120 valence electrons. The number of imidazole rings is 1. The largest absolute Gasteiger partial charge is 0.338 e. The third-order valence-corrected chi connectivity index (χ3v) is 4.57. The van der Waals surface area contributed by atoms with Gasteiger partial charge < -0.3 is 10.3 Å². The highest BCUT2D eigenvalue weighted by molar-refractivity contribution is 6.33. The van der Waals surface area contributed by atoms with Gasteiger partial charge in [-0.05, 0) is 30.3 Å². The summed E-state index contributed by atoms with van der Waals surface area (Å²) in [5.74, 6) is 1.49. The maximum Gasteiger partial charge on any atom is 0.140 e. The summed E-state index contributed by atoms with van der Waals surface area (Å²) >= 11 is 6.36. The van der Waals surface area contributed by atoms with Gasteiger partial charge in [0.05, 0.1) is 22.6 Å². The molecule has 0 spiro atoms. The minimum atomic E-state index is 0.658. The molecule has 25 heavy (non-hydrogen) atoms. The quantitative estimate of drug-likeness (QED) is 0.453. The lowest BCUT2D eigenvalue weighted by atomic mass is 10.1. The summed E-state index contributed by atoms with van der Waals surface area (Å²) in [6, 6.07) is 13.5. The van der Waals surface area contributed by atoms with Crippen LogP contribution in [0.1, 0.15) is 0 Å². The zero-order valence-corrected chi connectivity index (χ0v) is 13.7. The predicted octanol–water partition coefficient (Wildman–Crippen LogP) is 4.91. The minimum absolute atomic E-state index is 0.658. The Morgan fingerprint density at radius 2 is 1.76 bits per heavy atom. The summed E-state index contributed by atoms with van der Waals surface area (Å²) < 4.78 is 0. The molecule has 0 bridgehead atoms. The second kappa shape index (κ2) is 5.43. The van der Waals surface area contributed by atoms with Crippen LogP contribution in [-0.2, 0) is 0 Å². The van der Waals surface area contributed by atoms with Crippen molar-refractivity contribution in [2.45, 2.75) is 0 Å². The van der Waals surface area contributed by atoms with Crippen LogP contribution in [0.5, 0.6) is 0 Å². The Morgan fingerprint density at radius 1 is 0.880 bits per heavy atom. The summed E-state index contributed by atoms with van der Waals surface area (Å²) in [5, 5.41) is 4.01. The van der Waals surface area contributed by atoms with E-state index < -0.39 is 0 Å². The maximum atomic E-state index is 6.36. The van der Waals surface area contributed by atoms with Crippen molar-refractivity contribution in [2.75, 3.05) is 5.32 Å². The van der Waals surface area contributed by atoms with E-state index in [9.17, 15) is 0 Å². The molecule has 5 nitrogen and oxygen atoms in total. The van der Waals surface area contributed by atoms with Gasteiger partial charge in [0, 0.05) is 29.1 Å². The predicted molar refractivity (Wildman–Crippen MR) is 98.8 cm³/mol. The topological polar surface area (TPSA) is 66.5 Å². The SMILES string of the molecule is Clc1ccccc1-c1nc2c([nH]1)-c1ccncc1Nc1ncccc1-2. The van der Waals surface area contributed by atoms with Crippen LogP contribution in [0.2, 0.25) is 5.02 Å². The van der Waals surface area contributed by atoms with E-state index in [4.69, 9.17) is 16.6 Å². The van der Waals surface area contributed by atoms with Gasteiger partial charge in [0.25, 0.3) is 0 Å². The van der Waals surface area contributed by atoms with Crippen LogP contribution in [0.25, 0.3) is 33.9 Å². The lowest BCUT2D eigenvalue weighted by molar-refractivity contribution is 1.26. The van der Waals surface area contributed by atoms with Crippen LogP contribution in [-0.4, -0.2) is 19.9 Å². The van der Waals surface area contributed by atoms with Crippen molar-refractivity contribution in [1.29, 1.82) is 0 Å². The first-order valence-corrected chi connectivity index (χ1v) is 8.21. The fraction of sp³-hybridized carbons (Fsp3) is 0. The molecule has 0 radical (unpaired) electrons. The summed E-state index contributed by atoms with van der Waals surface area (Å²) in [6.07, 6.45) is 5.32. The van der Waals surface area contributed by atoms with Crippen molar-refractivity contribution in [3.63, 3.8) is 0 Å². The third kappa shape index (κ3) is 2.21. The van der Waals surface area contributed by atoms with Gasteiger partial charge in [0.15, 0.2) is 0 Å². The Kier molecular flexibility index (Phi) is 3.08. The maximum absolute atomic E-state index is 6.36. The number of halogens is 1. The monoisotopic (exact) mass is 345 g/mol. The molecule has 6 heteroatoms. The molecule has 4 aromatic rings. The van der Waals surface area contributed by atoms with Crippen LogP contribution < -0.4 is 5.32 Å². The molecular weight excluding hydrogens is 334 g/mol. The van der Waals surface area contributed by atoms with Gasteiger partial charge in [0.1, 0.15) is 17.3 Å². The van der Waals surface area contributed by atoms with Crippen LogP contribution >= 0.6 is 11.6 Å². The zero-order valence-electron chi connectivity index (χ0n) is 13.0. The zero-order chi connectivity index (χ0) is 16.8. The second-order valence-electron chi connectivity index (χ2n) is 5.73. The molecule has 0 saturated carbocycles. The molecule has 0 fully saturated rings. The van der Waals surface area contributed by atoms with Gasteiger partial charge in [-0.1, -0.05) is 23.7 Å². The lowest BCUT2D eigenvalue weighted by Gasteiger charge is -2.08. The van der Waals surface area contributed by atoms with E-state index >= 15 is 0 Å². The molecule has 1 aliphatic rings. The first-order chi connectivity index (χ1) is 12.3. The molecule has 4 heterocycles. The smallest absolute Gasteiger partial charge is 0.140 e. The Hall–Kier alpha value is -3.18. The Balaban J connectivity index is 1.82. The number of anilines is 2. The molecule has 0 atom stereocenters. The fourth-order valence-corrected chi connectivity index (χ4v) is 3.30. The summed E-state index contributed by atoms with van der Waals surface area (Å²) in [5.41, 5.74) is 5.45. The van der Waals surface area contributed by atoms with Crippen molar-refractivity contribution < 1.29 is 0 Å². The van der Waals surface area contributed by atoms with E-state index in [1.165, 1.54) is 0 Å². The number of rotatable bonds is 1. The Morgan fingerprint density at radius 3 is 2.68 bits per heavy atom. The number of benzene rings is 1. The van der Waals surface area contributed by atoms with Gasteiger partial charge in [-0.2, -0.15) is 0 Å². The highest BCUT2D eigenvalue weighted by Gasteiger charge is 2.24. The minimum Gasteiger partial charge on any atom is -0.338 e. The summed E-state index contributed by atoms with van der Waals surface area (Å²) in [7, 11) is 0. The number of hydrogen-bond donors (Lipinski definition) is 2. The van der Waals surface area contributed by atoms with Crippen molar-refractivity contribution in [3.8, 4) is 33.9 Å². The molecule has 0 unspecified atom stereocenters. The van der Waals surface area contributed by atoms with Crippen molar-refractivity contribution in [2.24, 2.45) is 0 Å². The average Bonchev–Trinajstić information content (AvgIpc) is 3.03. The number of pyridine rings is 2. The fourth-order valence-electron chi connectivity index (χ4n) is 3.08. The molecule has 1 aromatic carbocycles. The van der Waals surface area contributed by atoms with E-state index in [1.54, 1.807) is 18.6 Å². The number of aromatic amines is 1. The summed E-state index contributed by atoms with van der Waals surface area (Å²) in [4.78, 5) is 17.0. The van der Waals surface area contributed by atoms with E-state index in [0.717, 1.165) is 45.4 Å². The first-order valence-electron chi connectivity index (χ1n) is 7.83. The van der Waals surface area contributed by atoms with Crippen molar-refractivity contribution >= 4 is 23.1 Å². The lowest BCUT2D eigenvalue weighted by Crippen LogP contribution is -1.95. The molecule has 0 amide bonds. The second-order valence-corrected chi connectivity index (χ2v) is 6.14. The average molecular weight is 346 g/mol. The van der Waals surface area contributed by atoms with E-state index in [1.807, 2.05) is 42.5 Å². The van der Waals surface area contributed by atoms with E-state index in [0.29, 0.717) is 5.02 Å². The molecule has 0 saturated heterocycles. The van der Waals surface area contributed by atoms with E-state index in [2.05, 4.69) is 20.3 Å². The molecule has 1 aliphatic heterocycles. The normalized spacial score (nSPS) is 11.7. The standard InChI is InChI=1S/C19H12ClN5/c20-14-6-2-1-4-11(14)19-24-16-12-7-9-21-10-15(12)23-18-13(17(16)25-19)5-3-8-22-18/h1-10H,(H,22,23)(H,24,25). The number of aromatic nitrogens is 4. The van der Waals surface area contributed by atoms with Crippen LogP contribution in [0.15, 0.2) is 61.1 Å².